The lowest BCUT2D eigenvalue weighted by atomic mass is 10.2. The van der Waals surface area contributed by atoms with Crippen LogP contribution in [0.1, 0.15) is 16.8 Å². The van der Waals surface area contributed by atoms with Gasteiger partial charge in [-0.3, -0.25) is 4.68 Å². The predicted molar refractivity (Wildman–Crippen MR) is 106 cm³/mol. The Kier molecular flexibility index (Phi) is 4.88. The van der Waals surface area contributed by atoms with E-state index in [0.29, 0.717) is 17.5 Å². The Bertz CT molecular complexity index is 1110. The van der Waals surface area contributed by atoms with E-state index in [9.17, 15) is 8.42 Å². The van der Waals surface area contributed by atoms with Gasteiger partial charge >= 0.3 is 0 Å². The summed E-state index contributed by atoms with van der Waals surface area (Å²) in [4.78, 5) is 8.92. The molecule has 0 aliphatic rings. The maximum atomic E-state index is 11.8. The van der Waals surface area contributed by atoms with Crippen molar-refractivity contribution >= 4 is 33.1 Å². The first kappa shape index (κ1) is 18.8. The Morgan fingerprint density at radius 1 is 1.07 bits per heavy atom. The van der Waals surface area contributed by atoms with Gasteiger partial charge in [-0.2, -0.15) is 10.1 Å². The van der Waals surface area contributed by atoms with Crippen LogP contribution in [0.3, 0.4) is 0 Å². The Hall–Kier alpha value is -2.94. The van der Waals surface area contributed by atoms with Gasteiger partial charge < -0.3 is 10.6 Å². The van der Waals surface area contributed by atoms with Gasteiger partial charge in [0, 0.05) is 30.8 Å². The van der Waals surface area contributed by atoms with Gasteiger partial charge in [0.2, 0.25) is 5.95 Å². The number of anilines is 4. The van der Waals surface area contributed by atoms with E-state index in [2.05, 4.69) is 25.7 Å². The molecule has 3 aromatic rings. The smallest absolute Gasteiger partial charge is 0.229 e. The first-order valence-corrected chi connectivity index (χ1v) is 10.2. The average Bonchev–Trinajstić information content (AvgIpc) is 2.80. The molecule has 0 spiro atoms. The molecule has 0 saturated heterocycles. The van der Waals surface area contributed by atoms with E-state index in [-0.39, 0.29) is 4.90 Å². The fourth-order valence-corrected chi connectivity index (χ4v) is 3.45. The number of aromatic nitrogens is 4. The largest absolute Gasteiger partial charge is 0.325 e. The molecule has 0 bridgehead atoms. The average molecular weight is 386 g/mol. The van der Waals surface area contributed by atoms with E-state index in [0.717, 1.165) is 22.6 Å². The van der Waals surface area contributed by atoms with Crippen LogP contribution in [0.25, 0.3) is 0 Å². The van der Waals surface area contributed by atoms with Crippen molar-refractivity contribution in [1.82, 2.24) is 19.7 Å². The lowest BCUT2D eigenvalue weighted by Crippen LogP contribution is -2.05. The fraction of sp³-hybridized carbons (Fsp3) is 0.278. The first-order valence-electron chi connectivity index (χ1n) is 8.32. The highest BCUT2D eigenvalue weighted by Crippen LogP contribution is 2.23. The molecule has 0 amide bonds. The summed E-state index contributed by atoms with van der Waals surface area (Å²) in [6.45, 7) is 5.78. The van der Waals surface area contributed by atoms with Crippen LogP contribution in [0, 0.1) is 20.8 Å². The van der Waals surface area contributed by atoms with Gasteiger partial charge in [0.15, 0.2) is 9.84 Å². The van der Waals surface area contributed by atoms with E-state index in [1.54, 1.807) is 29.1 Å². The van der Waals surface area contributed by atoms with Gasteiger partial charge in [0.25, 0.3) is 0 Å². The minimum Gasteiger partial charge on any atom is -0.325 e. The molecule has 9 heteroatoms. The van der Waals surface area contributed by atoms with Crippen LogP contribution < -0.4 is 10.6 Å². The first-order chi connectivity index (χ1) is 12.6. The van der Waals surface area contributed by atoms with E-state index in [4.69, 9.17) is 0 Å². The molecule has 142 valence electrons. The molecular weight excluding hydrogens is 364 g/mol. The third kappa shape index (κ3) is 4.25. The minimum absolute atomic E-state index is 0.250. The van der Waals surface area contributed by atoms with Crippen LogP contribution in [0.4, 0.5) is 23.3 Å². The number of hydrogen-bond donors (Lipinski definition) is 2. The zero-order chi connectivity index (χ0) is 19.8. The lowest BCUT2D eigenvalue weighted by molar-refractivity contribution is 0.602. The zero-order valence-corrected chi connectivity index (χ0v) is 16.7. The second-order valence-electron chi connectivity index (χ2n) is 6.51. The van der Waals surface area contributed by atoms with Crippen molar-refractivity contribution in [2.45, 2.75) is 25.7 Å². The summed E-state index contributed by atoms with van der Waals surface area (Å²) in [6.07, 6.45) is 2.81. The lowest BCUT2D eigenvalue weighted by Gasteiger charge is -2.11. The fourth-order valence-electron chi connectivity index (χ4n) is 2.71. The Morgan fingerprint density at radius 2 is 1.81 bits per heavy atom. The van der Waals surface area contributed by atoms with Gasteiger partial charge in [0.1, 0.15) is 11.6 Å². The van der Waals surface area contributed by atoms with Crippen molar-refractivity contribution in [3.05, 3.63) is 47.3 Å². The van der Waals surface area contributed by atoms with Crippen molar-refractivity contribution in [3.8, 4) is 0 Å². The molecule has 0 unspecified atom stereocenters. The third-order valence-electron chi connectivity index (χ3n) is 4.16. The summed E-state index contributed by atoms with van der Waals surface area (Å²) < 4.78 is 25.4. The Labute approximate surface area is 158 Å². The van der Waals surface area contributed by atoms with Crippen LogP contribution in [0.2, 0.25) is 0 Å². The van der Waals surface area contributed by atoms with Crippen molar-refractivity contribution in [2.75, 3.05) is 16.9 Å². The number of rotatable bonds is 5. The molecule has 3 rings (SSSR count). The molecule has 2 aromatic heterocycles. The molecule has 0 radical (unpaired) electrons. The van der Waals surface area contributed by atoms with Crippen molar-refractivity contribution < 1.29 is 8.42 Å². The molecular formula is C18H22N6O2S. The van der Waals surface area contributed by atoms with Gasteiger partial charge in [0.05, 0.1) is 10.6 Å². The number of aryl methyl sites for hydroxylation is 3. The number of nitrogens with one attached hydrogen (secondary N) is 2. The van der Waals surface area contributed by atoms with Crippen LogP contribution in [0.5, 0.6) is 0 Å². The highest BCUT2D eigenvalue weighted by Gasteiger charge is 2.12. The highest BCUT2D eigenvalue weighted by atomic mass is 32.2. The number of nitrogens with zero attached hydrogens (tertiary/aromatic N) is 4. The summed E-state index contributed by atoms with van der Waals surface area (Å²) >= 11 is 0. The number of sulfone groups is 1. The zero-order valence-electron chi connectivity index (χ0n) is 15.9. The van der Waals surface area contributed by atoms with Gasteiger partial charge in [-0.15, -0.1) is 0 Å². The molecule has 0 atom stereocenters. The second kappa shape index (κ2) is 6.99. The topological polar surface area (TPSA) is 102 Å². The SMILES string of the molecule is Cc1cc(Nc2nccc(Nc3c(C)c(C)nn3C)n2)cc(S(C)(=O)=O)c1. The van der Waals surface area contributed by atoms with Gasteiger partial charge in [-0.05, 0) is 50.6 Å². The van der Waals surface area contributed by atoms with E-state index < -0.39 is 9.84 Å². The molecule has 27 heavy (non-hydrogen) atoms. The normalized spacial score (nSPS) is 11.4. The molecule has 2 N–H and O–H groups in total. The summed E-state index contributed by atoms with van der Waals surface area (Å²) in [7, 11) is -1.44. The highest BCUT2D eigenvalue weighted by molar-refractivity contribution is 7.90. The molecule has 0 aliphatic carbocycles. The monoisotopic (exact) mass is 386 g/mol. The molecule has 1 aromatic carbocycles. The number of hydrogen-bond acceptors (Lipinski definition) is 7. The summed E-state index contributed by atoms with van der Waals surface area (Å²) in [5.74, 6) is 1.82. The standard InChI is InChI=1S/C18H22N6O2S/c1-11-8-14(10-15(9-11)27(5,25)26)20-18-19-7-6-16(22-18)21-17-12(2)13(3)23-24(17)4/h6-10H,1-5H3,(H2,19,20,21,22). The van der Waals surface area contributed by atoms with Crippen LogP contribution >= 0.6 is 0 Å². The summed E-state index contributed by atoms with van der Waals surface area (Å²) in [5, 5.41) is 10.7. The summed E-state index contributed by atoms with van der Waals surface area (Å²) in [5.41, 5.74) is 3.43. The Balaban J connectivity index is 1.88. The van der Waals surface area contributed by atoms with Crippen LogP contribution in [0.15, 0.2) is 35.4 Å². The van der Waals surface area contributed by atoms with Crippen molar-refractivity contribution in [2.24, 2.45) is 7.05 Å². The minimum atomic E-state index is -3.30. The summed E-state index contributed by atoms with van der Waals surface area (Å²) in [6, 6.07) is 6.80. The molecule has 0 saturated carbocycles. The molecule has 8 nitrogen and oxygen atoms in total. The predicted octanol–water partition coefficient (Wildman–Crippen LogP) is 3.03. The van der Waals surface area contributed by atoms with Gasteiger partial charge in [-0.1, -0.05) is 0 Å². The van der Waals surface area contributed by atoms with Crippen molar-refractivity contribution in [3.63, 3.8) is 0 Å². The maximum Gasteiger partial charge on any atom is 0.229 e. The molecule has 0 aliphatic heterocycles. The quantitative estimate of drug-likeness (QED) is 0.695. The van der Waals surface area contributed by atoms with Crippen LogP contribution in [-0.4, -0.2) is 34.4 Å². The number of benzene rings is 1. The second-order valence-corrected chi connectivity index (χ2v) is 8.52. The third-order valence-corrected chi connectivity index (χ3v) is 5.25. The Morgan fingerprint density at radius 3 is 2.44 bits per heavy atom. The van der Waals surface area contributed by atoms with E-state index in [1.807, 2.05) is 33.9 Å². The molecule has 0 fully saturated rings. The van der Waals surface area contributed by atoms with E-state index >= 15 is 0 Å². The van der Waals surface area contributed by atoms with E-state index in [1.165, 1.54) is 6.26 Å². The molecule has 2 heterocycles. The van der Waals surface area contributed by atoms with Crippen molar-refractivity contribution in [1.29, 1.82) is 0 Å². The van der Waals surface area contributed by atoms with Gasteiger partial charge in [-0.25, -0.2) is 13.4 Å². The van der Waals surface area contributed by atoms with Crippen LogP contribution in [-0.2, 0) is 16.9 Å². The maximum absolute atomic E-state index is 11.8.